The van der Waals surface area contributed by atoms with Crippen molar-refractivity contribution in [3.63, 3.8) is 0 Å². The van der Waals surface area contributed by atoms with Gasteiger partial charge in [-0.3, -0.25) is 4.79 Å². The number of hydrogen-bond donors (Lipinski definition) is 1. The molecular formula is C20H21N3O4. The number of hydrogen-bond acceptors (Lipinski definition) is 5. The fourth-order valence-electron chi connectivity index (χ4n) is 2.57. The normalized spacial score (nSPS) is 11.8. The van der Waals surface area contributed by atoms with E-state index in [1.54, 1.807) is 40.9 Å². The zero-order chi connectivity index (χ0) is 19.4. The molecule has 7 nitrogen and oxygen atoms in total. The average molecular weight is 367 g/mol. The first kappa shape index (κ1) is 18.4. The summed E-state index contributed by atoms with van der Waals surface area (Å²) in [5.74, 6) is -0.350. The van der Waals surface area contributed by atoms with Crippen molar-refractivity contribution in [2.24, 2.45) is 0 Å². The number of benzene rings is 1. The lowest BCUT2D eigenvalue weighted by molar-refractivity contribution is -0.123. The molecule has 0 spiro atoms. The first-order chi connectivity index (χ1) is 13.0. The van der Waals surface area contributed by atoms with Gasteiger partial charge in [-0.1, -0.05) is 6.07 Å². The molecule has 0 saturated carbocycles. The van der Waals surface area contributed by atoms with E-state index in [0.717, 1.165) is 11.4 Å². The summed E-state index contributed by atoms with van der Waals surface area (Å²) in [5.41, 5.74) is 2.34. The lowest BCUT2D eigenvalue weighted by atomic mass is 10.3. The Morgan fingerprint density at radius 1 is 1.19 bits per heavy atom. The Morgan fingerprint density at radius 3 is 2.59 bits per heavy atom. The Labute approximate surface area is 156 Å². The molecule has 3 rings (SSSR count). The smallest absolute Gasteiger partial charge is 0.359 e. The number of nitrogens with zero attached hydrogens (tertiary/aromatic N) is 2. The van der Waals surface area contributed by atoms with Crippen molar-refractivity contribution in [3.8, 4) is 5.75 Å². The maximum absolute atomic E-state index is 12.3. The fraction of sp³-hybridized carbons (Fsp3) is 0.250. The van der Waals surface area contributed by atoms with E-state index < -0.39 is 18.0 Å². The number of nitrogens with one attached hydrogen (secondary N) is 1. The van der Waals surface area contributed by atoms with Gasteiger partial charge in [0.15, 0.2) is 11.8 Å². The van der Waals surface area contributed by atoms with Crippen molar-refractivity contribution in [2.75, 3.05) is 11.9 Å². The van der Waals surface area contributed by atoms with E-state index >= 15 is 0 Å². The highest BCUT2D eigenvalue weighted by atomic mass is 16.5. The van der Waals surface area contributed by atoms with E-state index in [2.05, 4.69) is 10.3 Å². The van der Waals surface area contributed by atoms with Gasteiger partial charge in [-0.15, -0.1) is 0 Å². The van der Waals surface area contributed by atoms with Gasteiger partial charge in [0.05, 0.1) is 6.61 Å². The van der Waals surface area contributed by atoms with Crippen molar-refractivity contribution in [1.29, 1.82) is 0 Å². The molecule has 1 N–H and O–H groups in total. The van der Waals surface area contributed by atoms with Crippen LogP contribution < -0.4 is 10.1 Å². The Kier molecular flexibility index (Phi) is 5.40. The summed E-state index contributed by atoms with van der Waals surface area (Å²) in [4.78, 5) is 28.8. The summed E-state index contributed by atoms with van der Waals surface area (Å²) in [6, 6.07) is 12.5. The van der Waals surface area contributed by atoms with E-state index in [-0.39, 0.29) is 5.69 Å². The highest BCUT2D eigenvalue weighted by Gasteiger charge is 2.21. The van der Waals surface area contributed by atoms with E-state index in [0.29, 0.717) is 17.9 Å². The number of carbonyl (C=O) groups is 2. The third kappa shape index (κ3) is 4.25. The van der Waals surface area contributed by atoms with E-state index in [1.807, 2.05) is 26.0 Å². The molecule has 7 heteroatoms. The number of rotatable bonds is 6. The van der Waals surface area contributed by atoms with Crippen molar-refractivity contribution in [1.82, 2.24) is 9.38 Å². The number of amides is 1. The zero-order valence-corrected chi connectivity index (χ0v) is 15.4. The maximum Gasteiger partial charge on any atom is 0.359 e. The van der Waals surface area contributed by atoms with Crippen LogP contribution in [0.2, 0.25) is 0 Å². The number of anilines is 1. The topological polar surface area (TPSA) is 81.9 Å². The standard InChI is InChI=1S/C20H21N3O4/c1-4-26-16-10-8-15(9-11-16)21-19(24)14(3)27-20(25)17-12-23-13(2)6-5-7-18(23)22-17/h5-12,14H,4H2,1-3H3,(H,21,24). The lowest BCUT2D eigenvalue weighted by Gasteiger charge is -2.13. The minimum Gasteiger partial charge on any atom is -0.494 e. The van der Waals surface area contributed by atoms with Crippen LogP contribution in [0.4, 0.5) is 5.69 Å². The van der Waals surface area contributed by atoms with Crippen LogP contribution in [0, 0.1) is 6.92 Å². The van der Waals surface area contributed by atoms with Crippen LogP contribution in [0.5, 0.6) is 5.75 Å². The van der Waals surface area contributed by atoms with Gasteiger partial charge >= 0.3 is 5.97 Å². The first-order valence-corrected chi connectivity index (χ1v) is 8.67. The molecule has 0 fully saturated rings. The van der Waals surface area contributed by atoms with Crippen molar-refractivity contribution in [2.45, 2.75) is 26.9 Å². The van der Waals surface area contributed by atoms with Gasteiger partial charge in [-0.05, 0) is 57.2 Å². The second-order valence-electron chi connectivity index (χ2n) is 6.02. The van der Waals surface area contributed by atoms with Crippen LogP contribution >= 0.6 is 0 Å². The minimum absolute atomic E-state index is 0.157. The highest BCUT2D eigenvalue weighted by Crippen LogP contribution is 2.16. The molecule has 1 unspecified atom stereocenters. The summed E-state index contributed by atoms with van der Waals surface area (Å²) >= 11 is 0. The molecular weight excluding hydrogens is 346 g/mol. The molecule has 2 aromatic heterocycles. The molecule has 0 aliphatic carbocycles. The third-order valence-electron chi connectivity index (χ3n) is 3.99. The molecule has 1 atom stereocenters. The number of aromatic nitrogens is 2. The van der Waals surface area contributed by atoms with E-state index in [4.69, 9.17) is 9.47 Å². The largest absolute Gasteiger partial charge is 0.494 e. The third-order valence-corrected chi connectivity index (χ3v) is 3.99. The molecule has 0 bridgehead atoms. The van der Waals surface area contributed by atoms with Crippen LogP contribution in [-0.4, -0.2) is 34.0 Å². The predicted molar refractivity (Wildman–Crippen MR) is 101 cm³/mol. The maximum atomic E-state index is 12.3. The van der Waals surface area contributed by atoms with E-state index in [9.17, 15) is 9.59 Å². The molecule has 0 radical (unpaired) electrons. The number of ether oxygens (including phenoxy) is 2. The van der Waals surface area contributed by atoms with Gasteiger partial charge in [0.25, 0.3) is 5.91 Å². The zero-order valence-electron chi connectivity index (χ0n) is 15.4. The molecule has 0 aliphatic heterocycles. The predicted octanol–water partition coefficient (Wildman–Crippen LogP) is 3.23. The number of esters is 1. The van der Waals surface area contributed by atoms with Gasteiger partial charge in [0, 0.05) is 17.6 Å². The van der Waals surface area contributed by atoms with E-state index in [1.165, 1.54) is 6.92 Å². The van der Waals surface area contributed by atoms with Gasteiger partial charge in [0.2, 0.25) is 0 Å². The SMILES string of the molecule is CCOc1ccc(NC(=O)C(C)OC(=O)c2cn3c(C)cccc3n2)cc1. The number of imidazole rings is 1. The van der Waals surface area contributed by atoms with Crippen LogP contribution in [0.25, 0.3) is 5.65 Å². The van der Waals surface area contributed by atoms with Crippen LogP contribution in [0.1, 0.15) is 30.0 Å². The summed E-state index contributed by atoms with van der Waals surface area (Å²) in [6.45, 7) is 5.90. The molecule has 27 heavy (non-hydrogen) atoms. The summed E-state index contributed by atoms with van der Waals surface area (Å²) in [5, 5.41) is 2.71. The molecule has 140 valence electrons. The minimum atomic E-state index is -0.963. The van der Waals surface area contributed by atoms with Crippen molar-refractivity contribution < 1.29 is 19.1 Å². The molecule has 1 amide bonds. The number of pyridine rings is 1. The van der Waals surface area contributed by atoms with Gasteiger partial charge in [0.1, 0.15) is 11.4 Å². The molecule has 1 aromatic carbocycles. The molecule has 0 aliphatic rings. The lowest BCUT2D eigenvalue weighted by Crippen LogP contribution is -2.30. The molecule has 0 saturated heterocycles. The van der Waals surface area contributed by atoms with Gasteiger partial charge in [-0.2, -0.15) is 0 Å². The summed E-state index contributed by atoms with van der Waals surface area (Å²) < 4.78 is 12.4. The van der Waals surface area contributed by atoms with Gasteiger partial charge in [-0.25, -0.2) is 9.78 Å². The van der Waals surface area contributed by atoms with Crippen molar-refractivity contribution >= 4 is 23.2 Å². The second-order valence-corrected chi connectivity index (χ2v) is 6.02. The van der Waals surface area contributed by atoms with Crippen LogP contribution in [0.3, 0.4) is 0 Å². The highest BCUT2D eigenvalue weighted by molar-refractivity contribution is 5.97. The number of fused-ring (bicyclic) bond motifs is 1. The number of carbonyl (C=O) groups excluding carboxylic acids is 2. The fourth-order valence-corrected chi connectivity index (χ4v) is 2.57. The Hall–Kier alpha value is -3.35. The summed E-state index contributed by atoms with van der Waals surface area (Å²) in [6.07, 6.45) is 0.638. The molecule has 3 aromatic rings. The van der Waals surface area contributed by atoms with Crippen LogP contribution in [-0.2, 0) is 9.53 Å². The Balaban J connectivity index is 1.62. The quantitative estimate of drug-likeness (QED) is 0.677. The Morgan fingerprint density at radius 2 is 1.93 bits per heavy atom. The molecule has 2 heterocycles. The summed E-state index contributed by atoms with van der Waals surface area (Å²) in [7, 11) is 0. The van der Waals surface area contributed by atoms with Gasteiger partial charge < -0.3 is 19.2 Å². The monoisotopic (exact) mass is 367 g/mol. The first-order valence-electron chi connectivity index (χ1n) is 8.67. The Bertz CT molecular complexity index is 963. The van der Waals surface area contributed by atoms with Crippen molar-refractivity contribution in [3.05, 3.63) is 60.0 Å². The second kappa shape index (κ2) is 7.90. The van der Waals surface area contributed by atoms with Crippen LogP contribution in [0.15, 0.2) is 48.7 Å². The average Bonchev–Trinajstić information content (AvgIpc) is 3.09. The number of aryl methyl sites for hydroxylation is 1.